The summed E-state index contributed by atoms with van der Waals surface area (Å²) in [6.07, 6.45) is -4.48. The normalized spacial score (nSPS) is 11.9. The number of rotatable bonds is 6. The quantitative estimate of drug-likeness (QED) is 0.342. The van der Waals surface area contributed by atoms with Crippen LogP contribution in [0.25, 0.3) is 10.9 Å². The molecule has 3 nitrogen and oxygen atoms in total. The minimum atomic E-state index is -4.48. The fraction of sp³-hybridized carbons (Fsp3) is 0.304. The average Bonchev–Trinajstić information content (AvgIpc) is 2.70. The van der Waals surface area contributed by atoms with Crippen molar-refractivity contribution in [2.75, 3.05) is 5.75 Å². The predicted molar refractivity (Wildman–Crippen MR) is 115 cm³/mol. The SMILES string of the molecule is CCSc1nc2cc(C(F)(F)F)ccc2c(C(C)C)c1C(=O)NCc1cccc(F)c1. The number of benzene rings is 2. The van der Waals surface area contributed by atoms with E-state index in [1.165, 1.54) is 30.0 Å². The summed E-state index contributed by atoms with van der Waals surface area (Å²) in [6, 6.07) is 9.33. The van der Waals surface area contributed by atoms with Gasteiger partial charge in [0.05, 0.1) is 16.6 Å². The Morgan fingerprint density at radius 2 is 1.90 bits per heavy atom. The smallest absolute Gasteiger partial charge is 0.348 e. The molecule has 3 aromatic rings. The molecule has 1 N–H and O–H groups in total. The molecule has 8 heteroatoms. The molecule has 0 fully saturated rings. The van der Waals surface area contributed by atoms with E-state index in [2.05, 4.69) is 10.3 Å². The Morgan fingerprint density at radius 1 is 1.16 bits per heavy atom. The monoisotopic (exact) mass is 450 g/mol. The van der Waals surface area contributed by atoms with Crippen LogP contribution in [0.4, 0.5) is 17.6 Å². The van der Waals surface area contributed by atoms with Crippen molar-refractivity contribution in [3.63, 3.8) is 0 Å². The highest BCUT2D eigenvalue weighted by atomic mass is 32.2. The van der Waals surface area contributed by atoms with Crippen molar-refractivity contribution in [2.24, 2.45) is 0 Å². The van der Waals surface area contributed by atoms with E-state index in [1.807, 2.05) is 20.8 Å². The molecule has 0 radical (unpaired) electrons. The summed E-state index contributed by atoms with van der Waals surface area (Å²) in [5.74, 6) is -0.324. The van der Waals surface area contributed by atoms with Crippen molar-refractivity contribution >= 4 is 28.6 Å². The first kappa shape index (κ1) is 23.1. The second-order valence-electron chi connectivity index (χ2n) is 7.34. The number of aromatic nitrogens is 1. The summed E-state index contributed by atoms with van der Waals surface area (Å²) in [5, 5.41) is 3.70. The molecule has 0 spiro atoms. The molecule has 0 aliphatic carbocycles. The number of pyridine rings is 1. The van der Waals surface area contributed by atoms with E-state index < -0.39 is 23.5 Å². The van der Waals surface area contributed by atoms with Gasteiger partial charge in [0.15, 0.2) is 0 Å². The zero-order valence-electron chi connectivity index (χ0n) is 17.3. The van der Waals surface area contributed by atoms with Gasteiger partial charge in [0.25, 0.3) is 5.91 Å². The van der Waals surface area contributed by atoms with Crippen molar-refractivity contribution in [1.29, 1.82) is 0 Å². The maximum Gasteiger partial charge on any atom is 0.416 e. The Balaban J connectivity index is 2.10. The van der Waals surface area contributed by atoms with Crippen molar-refractivity contribution in [2.45, 2.75) is 44.4 Å². The number of hydrogen-bond acceptors (Lipinski definition) is 3. The minimum absolute atomic E-state index is 0.120. The Labute approximate surface area is 182 Å². The molecule has 0 saturated carbocycles. The Kier molecular flexibility index (Phi) is 6.89. The fourth-order valence-corrected chi connectivity index (χ4v) is 4.20. The fourth-order valence-electron chi connectivity index (χ4n) is 3.42. The van der Waals surface area contributed by atoms with Crippen molar-refractivity contribution < 1.29 is 22.4 Å². The van der Waals surface area contributed by atoms with Crippen LogP contribution in [0, 0.1) is 5.82 Å². The number of carbonyl (C=O) groups is 1. The summed E-state index contributed by atoms with van der Waals surface area (Å²) < 4.78 is 53.0. The van der Waals surface area contributed by atoms with Crippen molar-refractivity contribution in [1.82, 2.24) is 10.3 Å². The summed E-state index contributed by atoms with van der Waals surface area (Å²) in [7, 11) is 0. The first-order valence-electron chi connectivity index (χ1n) is 9.82. The summed E-state index contributed by atoms with van der Waals surface area (Å²) in [6.45, 7) is 5.77. The lowest BCUT2D eigenvalue weighted by molar-refractivity contribution is -0.137. The van der Waals surface area contributed by atoms with Gasteiger partial charge >= 0.3 is 6.18 Å². The molecule has 0 aliphatic heterocycles. The van der Waals surface area contributed by atoms with Crippen molar-refractivity contribution in [3.05, 3.63) is 70.5 Å². The Bertz CT molecular complexity index is 1110. The molecule has 1 heterocycles. The molecule has 1 aromatic heterocycles. The van der Waals surface area contributed by atoms with Crippen LogP contribution in [0.5, 0.6) is 0 Å². The van der Waals surface area contributed by atoms with E-state index in [1.54, 1.807) is 12.1 Å². The largest absolute Gasteiger partial charge is 0.416 e. The van der Waals surface area contributed by atoms with Gasteiger partial charge in [-0.05, 0) is 47.1 Å². The van der Waals surface area contributed by atoms with Crippen LogP contribution in [0.2, 0.25) is 0 Å². The average molecular weight is 451 g/mol. The van der Waals surface area contributed by atoms with Crippen LogP contribution < -0.4 is 5.32 Å². The highest BCUT2D eigenvalue weighted by Crippen LogP contribution is 2.37. The number of carbonyl (C=O) groups excluding carboxylic acids is 1. The first-order chi connectivity index (χ1) is 14.6. The lowest BCUT2D eigenvalue weighted by Gasteiger charge is -2.19. The van der Waals surface area contributed by atoms with Gasteiger partial charge in [-0.25, -0.2) is 9.37 Å². The molecule has 1 amide bonds. The number of nitrogens with one attached hydrogen (secondary N) is 1. The predicted octanol–water partition coefficient (Wildman–Crippen LogP) is 6.56. The van der Waals surface area contributed by atoms with Crippen LogP contribution in [0.3, 0.4) is 0 Å². The van der Waals surface area contributed by atoms with E-state index >= 15 is 0 Å². The first-order valence-corrected chi connectivity index (χ1v) is 10.8. The van der Waals surface area contributed by atoms with Gasteiger partial charge < -0.3 is 5.32 Å². The standard InChI is InChI=1S/C23H22F4N2OS/c1-4-31-22-20(21(30)28-12-14-6-5-7-16(24)10-14)19(13(2)3)17-9-8-15(23(25,26)27)11-18(17)29-22/h5-11,13H,4,12H2,1-3H3,(H,28,30). The molecule has 0 aliphatic rings. The van der Waals surface area contributed by atoms with E-state index in [0.29, 0.717) is 32.9 Å². The second kappa shape index (κ2) is 9.26. The van der Waals surface area contributed by atoms with Crippen LogP contribution >= 0.6 is 11.8 Å². The topological polar surface area (TPSA) is 42.0 Å². The number of amides is 1. The molecule has 2 aromatic carbocycles. The third kappa shape index (κ3) is 5.18. The zero-order valence-corrected chi connectivity index (χ0v) is 18.1. The second-order valence-corrected chi connectivity index (χ2v) is 8.59. The molecule has 0 bridgehead atoms. The molecular weight excluding hydrogens is 428 g/mol. The van der Waals surface area contributed by atoms with Crippen LogP contribution in [0.1, 0.15) is 53.7 Å². The zero-order chi connectivity index (χ0) is 22.8. The number of alkyl halides is 3. The third-order valence-corrected chi connectivity index (χ3v) is 5.61. The molecular formula is C23H22F4N2OS. The maximum absolute atomic E-state index is 13.4. The summed E-state index contributed by atoms with van der Waals surface area (Å²) in [4.78, 5) is 17.6. The Hall–Kier alpha value is -2.61. The van der Waals surface area contributed by atoms with Crippen LogP contribution in [-0.2, 0) is 12.7 Å². The van der Waals surface area contributed by atoms with E-state index in [0.717, 1.165) is 12.1 Å². The van der Waals surface area contributed by atoms with Crippen molar-refractivity contribution in [3.8, 4) is 0 Å². The lowest BCUT2D eigenvalue weighted by Crippen LogP contribution is -2.26. The van der Waals surface area contributed by atoms with E-state index in [-0.39, 0.29) is 18.0 Å². The molecule has 164 valence electrons. The van der Waals surface area contributed by atoms with Gasteiger partial charge in [0, 0.05) is 11.9 Å². The third-order valence-electron chi connectivity index (χ3n) is 4.75. The number of halogens is 4. The number of hydrogen-bond donors (Lipinski definition) is 1. The minimum Gasteiger partial charge on any atom is -0.348 e. The summed E-state index contributed by atoms with van der Waals surface area (Å²) in [5.41, 5.74) is 1.03. The van der Waals surface area contributed by atoms with Gasteiger partial charge in [-0.1, -0.05) is 39.0 Å². The van der Waals surface area contributed by atoms with Crippen LogP contribution in [-0.4, -0.2) is 16.6 Å². The van der Waals surface area contributed by atoms with Gasteiger partial charge in [-0.2, -0.15) is 13.2 Å². The van der Waals surface area contributed by atoms with E-state index in [9.17, 15) is 22.4 Å². The number of thioether (sulfide) groups is 1. The maximum atomic E-state index is 13.4. The summed E-state index contributed by atoms with van der Waals surface area (Å²) >= 11 is 1.30. The van der Waals surface area contributed by atoms with E-state index in [4.69, 9.17) is 0 Å². The molecule has 0 saturated heterocycles. The number of fused-ring (bicyclic) bond motifs is 1. The van der Waals surface area contributed by atoms with Gasteiger partial charge in [-0.3, -0.25) is 4.79 Å². The molecule has 0 unspecified atom stereocenters. The van der Waals surface area contributed by atoms with Gasteiger partial charge in [-0.15, -0.1) is 11.8 Å². The number of nitrogens with zero attached hydrogens (tertiary/aromatic N) is 1. The van der Waals surface area contributed by atoms with Gasteiger partial charge in [0.2, 0.25) is 0 Å². The molecule has 31 heavy (non-hydrogen) atoms. The molecule has 0 atom stereocenters. The highest BCUT2D eigenvalue weighted by Gasteiger charge is 2.31. The Morgan fingerprint density at radius 3 is 2.52 bits per heavy atom. The van der Waals surface area contributed by atoms with Crippen LogP contribution in [0.15, 0.2) is 47.5 Å². The highest BCUT2D eigenvalue weighted by molar-refractivity contribution is 7.99. The lowest BCUT2D eigenvalue weighted by atomic mass is 9.93. The molecule has 3 rings (SSSR count). The van der Waals surface area contributed by atoms with Gasteiger partial charge in [0.1, 0.15) is 10.8 Å².